The molecular formula is H9CaCuFeKMgNaPZn. The van der Waals surface area contributed by atoms with Gasteiger partial charge in [-0.25, -0.2) is 0 Å². The molecule has 0 N–H and O–H groups in total. The third-order valence-corrected chi connectivity index (χ3v) is 0. The van der Waals surface area contributed by atoms with Crippen LogP contribution in [0.25, 0.3) is 0 Å². The van der Waals surface area contributed by atoms with Crippen LogP contribution in [0.3, 0.4) is 0 Å². The fourth-order valence-electron chi connectivity index (χ4n) is 0. The second-order valence-corrected chi connectivity index (χ2v) is 0. The molecule has 8 heteroatoms. The quantitative estimate of drug-likeness (QED) is 0.301. The minimum absolute atomic E-state index is 0. The Hall–Kier alpha value is 6.75. The standard InChI is InChI=1S/Ca.Cu.Fe.K.Mg.Na.H3P.Zn.6H/h;;;;;;1H3;;;;;;;/q+2;;;+1;+2;+1;;;6*-1. The van der Waals surface area contributed by atoms with Crippen molar-refractivity contribution in [3.05, 3.63) is 0 Å². The fraction of sp³-hybridized carbons (Fsp3) is 0. The van der Waals surface area contributed by atoms with Gasteiger partial charge in [0.25, 0.3) is 0 Å². The largest absolute Gasteiger partial charge is 2.00 e. The van der Waals surface area contributed by atoms with Crippen LogP contribution in [0.5, 0.6) is 0 Å². The average molecular weight is 351 g/mol. The minimum Gasteiger partial charge on any atom is -1.00 e. The van der Waals surface area contributed by atoms with Gasteiger partial charge in [-0.3, -0.25) is 0 Å². The molecule has 0 aromatic rings. The third-order valence-electron chi connectivity index (χ3n) is 0. The van der Waals surface area contributed by atoms with E-state index in [1.54, 1.807) is 0 Å². The molecule has 0 heterocycles. The van der Waals surface area contributed by atoms with E-state index < -0.39 is 0 Å². The van der Waals surface area contributed by atoms with Crippen molar-refractivity contribution in [3.63, 3.8) is 0 Å². The third kappa shape index (κ3) is 38.6. The van der Waals surface area contributed by atoms with Crippen LogP contribution in [0.15, 0.2) is 0 Å². The zero-order valence-corrected chi connectivity index (χ0v) is 20.7. The topological polar surface area (TPSA) is 0 Å². The molecule has 0 rings (SSSR count). The van der Waals surface area contributed by atoms with Gasteiger partial charge in [0.15, 0.2) is 0 Å². The van der Waals surface area contributed by atoms with Crippen LogP contribution < -0.4 is 80.9 Å². The summed E-state index contributed by atoms with van der Waals surface area (Å²) in [5.41, 5.74) is 0. The zero-order valence-electron chi connectivity index (χ0n) is 11.5. The van der Waals surface area contributed by atoms with Gasteiger partial charge in [-0.2, -0.15) is 9.90 Å². The Bertz CT molecular complexity index is 37.8. The van der Waals surface area contributed by atoms with Gasteiger partial charge in [0, 0.05) is 53.6 Å². The van der Waals surface area contributed by atoms with Crippen LogP contribution in [0.1, 0.15) is 8.56 Å². The van der Waals surface area contributed by atoms with Crippen LogP contribution in [0.2, 0.25) is 0 Å². The summed E-state index contributed by atoms with van der Waals surface area (Å²) in [7, 11) is 0. The van der Waals surface area contributed by atoms with Crippen LogP contribution in [0.4, 0.5) is 0 Å². The van der Waals surface area contributed by atoms with E-state index in [2.05, 4.69) is 0 Å². The van der Waals surface area contributed by atoms with Gasteiger partial charge in [0.1, 0.15) is 0 Å². The summed E-state index contributed by atoms with van der Waals surface area (Å²) in [5.74, 6) is 0. The number of rotatable bonds is 0. The maximum atomic E-state index is 0. The number of hydrogen-bond donors (Lipinski definition) is 0. The summed E-state index contributed by atoms with van der Waals surface area (Å²) in [5, 5.41) is 0. The van der Waals surface area contributed by atoms with E-state index in [-0.39, 0.29) is 214 Å². The molecule has 0 aliphatic rings. The summed E-state index contributed by atoms with van der Waals surface area (Å²) in [6.45, 7) is 0. The molecule has 0 aromatic heterocycles. The van der Waals surface area contributed by atoms with Crippen LogP contribution in [0, 0.1) is 0 Å². The van der Waals surface area contributed by atoms with Gasteiger partial charge in [-0.1, -0.05) is 0 Å². The molecular weight excluding hydrogens is 342 g/mol. The summed E-state index contributed by atoms with van der Waals surface area (Å²) >= 11 is 0. The predicted molar refractivity (Wildman–Crippen MR) is 29.3 cm³/mol. The van der Waals surface area contributed by atoms with Crippen molar-refractivity contribution in [2.45, 2.75) is 0 Å². The molecule has 0 amide bonds. The molecule has 0 aliphatic heterocycles. The van der Waals surface area contributed by atoms with E-state index in [1.807, 2.05) is 0 Å². The molecule has 1 atom stereocenters. The van der Waals surface area contributed by atoms with E-state index >= 15 is 0 Å². The first-order valence-corrected chi connectivity index (χ1v) is 0. The molecule has 1 radical (unpaired) electrons. The van der Waals surface area contributed by atoms with Gasteiger partial charge >= 0.3 is 142 Å². The Labute approximate surface area is 208 Å². The molecule has 1 unspecified atom stereocenters. The Morgan fingerprint density at radius 1 is 1.12 bits per heavy atom. The normalized spacial score (nSPS) is 0. The molecule has 0 saturated carbocycles. The maximum Gasteiger partial charge on any atom is 2.00 e. The van der Waals surface area contributed by atoms with Gasteiger partial charge in [-0.15, -0.1) is 0 Å². The van der Waals surface area contributed by atoms with E-state index in [0.29, 0.717) is 0 Å². The first-order valence-electron chi connectivity index (χ1n) is 0. The van der Waals surface area contributed by atoms with Gasteiger partial charge in [-0.05, 0) is 0 Å². The van der Waals surface area contributed by atoms with Crippen molar-refractivity contribution in [2.24, 2.45) is 0 Å². The van der Waals surface area contributed by atoms with E-state index in [0.717, 1.165) is 0 Å². The average Bonchev–Trinajstić information content (AvgIpc) is 0. The molecule has 0 aliphatic carbocycles. The molecule has 0 bridgehead atoms. The van der Waals surface area contributed by atoms with Crippen molar-refractivity contribution in [2.75, 3.05) is 0 Å². The zero-order chi connectivity index (χ0) is 0. The predicted octanol–water partition coefficient (Wildman–Crippen LogP) is -6.03. The van der Waals surface area contributed by atoms with E-state index in [1.165, 1.54) is 0 Å². The molecule has 0 fully saturated rings. The molecule has 41 valence electrons. The van der Waals surface area contributed by atoms with Crippen molar-refractivity contribution in [1.82, 2.24) is 0 Å². The van der Waals surface area contributed by atoms with Crippen LogP contribution >= 0.6 is 9.90 Å². The van der Waals surface area contributed by atoms with Gasteiger partial charge in [0.2, 0.25) is 0 Å². The van der Waals surface area contributed by atoms with Crippen molar-refractivity contribution < 1.29 is 143 Å². The molecule has 0 nitrogen and oxygen atoms in total. The smallest absolute Gasteiger partial charge is 1.00 e. The SMILES string of the molecule is P.[Ca+2].[Cu].[Fe].[H-].[H-].[H-].[H-].[H-].[H-].[K+].[Mg+2].[Na+].[Zn]. The van der Waals surface area contributed by atoms with E-state index in [9.17, 15) is 0 Å². The molecule has 0 saturated heterocycles. The minimum atomic E-state index is 0. The number of hydrogen-bond acceptors (Lipinski definition) is 0. The Balaban J connectivity index is 0. The summed E-state index contributed by atoms with van der Waals surface area (Å²) in [6.07, 6.45) is 0. The first kappa shape index (κ1) is 61.2. The van der Waals surface area contributed by atoms with Crippen LogP contribution in [-0.4, -0.2) is 60.8 Å². The summed E-state index contributed by atoms with van der Waals surface area (Å²) in [4.78, 5) is 0. The summed E-state index contributed by atoms with van der Waals surface area (Å²) < 4.78 is 0. The second kappa shape index (κ2) is 49.0. The summed E-state index contributed by atoms with van der Waals surface area (Å²) in [6, 6.07) is 0. The monoisotopic (exact) mass is 349 g/mol. The second-order valence-electron chi connectivity index (χ2n) is 0. The molecule has 0 aromatic carbocycles. The Morgan fingerprint density at radius 2 is 1.12 bits per heavy atom. The fourth-order valence-corrected chi connectivity index (χ4v) is 0. The molecule has 8 heavy (non-hydrogen) atoms. The van der Waals surface area contributed by atoms with Gasteiger partial charge < -0.3 is 8.56 Å². The maximum absolute atomic E-state index is 0. The first-order chi connectivity index (χ1) is 0. The van der Waals surface area contributed by atoms with Crippen LogP contribution in [-0.2, 0) is 53.6 Å². The van der Waals surface area contributed by atoms with Crippen molar-refractivity contribution in [1.29, 1.82) is 0 Å². The Kier molecular flexibility index (Phi) is 375. The van der Waals surface area contributed by atoms with Gasteiger partial charge in [0.05, 0.1) is 0 Å². The van der Waals surface area contributed by atoms with Crippen molar-refractivity contribution >= 4 is 70.7 Å². The van der Waals surface area contributed by atoms with E-state index in [4.69, 9.17) is 0 Å². The molecule has 0 spiro atoms. The Morgan fingerprint density at radius 3 is 1.12 bits per heavy atom. The van der Waals surface area contributed by atoms with Crippen molar-refractivity contribution in [3.8, 4) is 0 Å².